The molecule has 1 aromatic carbocycles. The smallest absolute Gasteiger partial charge is 0.325 e. The molecule has 6 nitrogen and oxygen atoms in total. The molecular formula is C20H29NO5. The Hall–Kier alpha value is -2.37. The van der Waals surface area contributed by atoms with Crippen LogP contribution in [0, 0.1) is 0 Å². The van der Waals surface area contributed by atoms with Crippen LogP contribution in [-0.4, -0.2) is 36.9 Å². The topological polar surface area (TPSA) is 81.7 Å². The Kier molecular flexibility index (Phi) is 10.1. The molecule has 0 aliphatic heterocycles. The first kappa shape index (κ1) is 21.7. The van der Waals surface area contributed by atoms with E-state index in [1.165, 1.54) is 0 Å². The minimum atomic E-state index is -0.491. The molecule has 0 aliphatic carbocycles. The number of benzene rings is 1. The first-order chi connectivity index (χ1) is 12.4. The minimum absolute atomic E-state index is 0.0308. The third-order valence-electron chi connectivity index (χ3n) is 3.57. The summed E-state index contributed by atoms with van der Waals surface area (Å²) in [5.41, 5.74) is 0.540. The molecule has 1 N–H and O–H groups in total. The maximum absolute atomic E-state index is 12.1. The van der Waals surface area contributed by atoms with Gasteiger partial charge in [-0.3, -0.25) is 14.4 Å². The van der Waals surface area contributed by atoms with Crippen LogP contribution in [0.15, 0.2) is 24.3 Å². The second kappa shape index (κ2) is 12.1. The molecule has 0 fully saturated rings. The fraction of sp³-hybridized carbons (Fsp3) is 0.550. The first-order valence-corrected chi connectivity index (χ1v) is 9.14. The van der Waals surface area contributed by atoms with E-state index < -0.39 is 5.97 Å². The molecule has 144 valence electrons. The van der Waals surface area contributed by atoms with Crippen LogP contribution in [0.1, 0.15) is 63.2 Å². The Balaban J connectivity index is 2.31. The molecule has 1 amide bonds. The molecule has 0 spiro atoms. The number of nitrogens with one attached hydrogen (secondary N) is 1. The van der Waals surface area contributed by atoms with Crippen molar-refractivity contribution in [3.05, 3.63) is 29.8 Å². The predicted octanol–water partition coefficient (Wildman–Crippen LogP) is 3.29. The summed E-state index contributed by atoms with van der Waals surface area (Å²) in [4.78, 5) is 35.2. The molecule has 26 heavy (non-hydrogen) atoms. The highest BCUT2D eigenvalue weighted by Crippen LogP contribution is 2.14. The van der Waals surface area contributed by atoms with Crippen molar-refractivity contribution in [2.24, 2.45) is 0 Å². The van der Waals surface area contributed by atoms with Crippen molar-refractivity contribution in [1.29, 1.82) is 0 Å². The van der Waals surface area contributed by atoms with Crippen LogP contribution in [0.25, 0.3) is 0 Å². The summed E-state index contributed by atoms with van der Waals surface area (Å²) in [6, 6.07) is 6.94. The number of carbonyl (C=O) groups excluding carboxylic acids is 3. The van der Waals surface area contributed by atoms with Gasteiger partial charge in [0.1, 0.15) is 12.3 Å². The van der Waals surface area contributed by atoms with Crippen LogP contribution in [0.2, 0.25) is 0 Å². The van der Waals surface area contributed by atoms with Crippen LogP contribution in [-0.2, 0) is 14.3 Å². The number of ketones is 1. The predicted molar refractivity (Wildman–Crippen MR) is 99.3 cm³/mol. The summed E-state index contributed by atoms with van der Waals surface area (Å²) < 4.78 is 10.5. The maximum Gasteiger partial charge on any atom is 0.325 e. The molecule has 1 rings (SSSR count). The van der Waals surface area contributed by atoms with Crippen molar-refractivity contribution in [1.82, 2.24) is 5.32 Å². The zero-order chi connectivity index (χ0) is 19.4. The Morgan fingerprint density at radius 3 is 2.35 bits per heavy atom. The van der Waals surface area contributed by atoms with Gasteiger partial charge in [0.15, 0.2) is 5.78 Å². The van der Waals surface area contributed by atoms with Gasteiger partial charge in [0.25, 0.3) is 0 Å². The van der Waals surface area contributed by atoms with Crippen LogP contribution in [0.4, 0.5) is 0 Å². The average molecular weight is 363 g/mol. The lowest BCUT2D eigenvalue weighted by Gasteiger charge is -2.09. The summed E-state index contributed by atoms with van der Waals surface area (Å²) in [6.07, 6.45) is 3.18. The minimum Gasteiger partial charge on any atom is -0.494 e. The zero-order valence-corrected chi connectivity index (χ0v) is 15.9. The van der Waals surface area contributed by atoms with Crippen LogP contribution in [0.5, 0.6) is 5.75 Å². The van der Waals surface area contributed by atoms with Gasteiger partial charge in [-0.25, -0.2) is 0 Å². The summed E-state index contributed by atoms with van der Waals surface area (Å²) >= 11 is 0. The van der Waals surface area contributed by atoms with E-state index >= 15 is 0 Å². The number of amides is 1. The number of rotatable bonds is 12. The summed E-state index contributed by atoms with van der Waals surface area (Å²) in [5, 5.41) is 2.45. The Morgan fingerprint density at radius 2 is 1.73 bits per heavy atom. The van der Waals surface area contributed by atoms with Gasteiger partial charge in [-0.2, -0.15) is 0 Å². The largest absolute Gasteiger partial charge is 0.494 e. The van der Waals surface area contributed by atoms with E-state index in [0.717, 1.165) is 25.0 Å². The highest BCUT2D eigenvalue weighted by molar-refractivity contribution is 5.98. The molecule has 0 heterocycles. The van der Waals surface area contributed by atoms with E-state index in [4.69, 9.17) is 9.47 Å². The molecule has 0 unspecified atom stereocenters. The molecule has 1 aromatic rings. The van der Waals surface area contributed by atoms with E-state index in [2.05, 4.69) is 12.2 Å². The molecule has 0 bridgehead atoms. The molecule has 0 radical (unpaired) electrons. The molecule has 0 saturated carbocycles. The van der Waals surface area contributed by atoms with E-state index in [0.29, 0.717) is 12.2 Å². The van der Waals surface area contributed by atoms with Crippen LogP contribution >= 0.6 is 0 Å². The monoisotopic (exact) mass is 363 g/mol. The van der Waals surface area contributed by atoms with Gasteiger partial charge in [-0.05, 0) is 44.5 Å². The van der Waals surface area contributed by atoms with Gasteiger partial charge in [-0.15, -0.1) is 0 Å². The standard InChI is InChI=1S/C20H29NO5/c1-4-5-6-13-25-17-9-7-16(8-10-17)18(22)11-12-19(23)21-14-20(24)26-15(2)3/h7-10,15H,4-6,11-14H2,1-3H3,(H,21,23). The van der Waals surface area contributed by atoms with Crippen LogP contribution in [0.3, 0.4) is 0 Å². The Labute approximate surface area is 155 Å². The first-order valence-electron chi connectivity index (χ1n) is 9.14. The fourth-order valence-electron chi connectivity index (χ4n) is 2.21. The highest BCUT2D eigenvalue weighted by atomic mass is 16.5. The van der Waals surface area contributed by atoms with Crippen molar-refractivity contribution < 1.29 is 23.9 Å². The number of hydrogen-bond donors (Lipinski definition) is 1. The average Bonchev–Trinajstić information content (AvgIpc) is 2.61. The number of esters is 1. The lowest BCUT2D eigenvalue weighted by atomic mass is 10.1. The third kappa shape index (κ3) is 9.20. The van der Waals surface area contributed by atoms with Gasteiger partial charge >= 0.3 is 5.97 Å². The molecule has 6 heteroatoms. The van der Waals surface area contributed by atoms with Crippen molar-refractivity contribution in [2.45, 2.75) is 59.0 Å². The third-order valence-corrected chi connectivity index (χ3v) is 3.57. The van der Waals surface area contributed by atoms with Gasteiger partial charge < -0.3 is 14.8 Å². The van der Waals surface area contributed by atoms with Gasteiger partial charge in [0, 0.05) is 18.4 Å². The summed E-state index contributed by atoms with van der Waals surface area (Å²) in [5.74, 6) is -0.231. The Morgan fingerprint density at radius 1 is 1.04 bits per heavy atom. The van der Waals surface area contributed by atoms with Crippen LogP contribution < -0.4 is 10.1 Å². The van der Waals surface area contributed by atoms with Gasteiger partial charge in [0.05, 0.1) is 12.7 Å². The lowest BCUT2D eigenvalue weighted by Crippen LogP contribution is -2.31. The quantitative estimate of drug-likeness (QED) is 0.350. The van der Waals surface area contributed by atoms with Crippen molar-refractivity contribution in [2.75, 3.05) is 13.2 Å². The molecule has 0 aromatic heterocycles. The van der Waals surface area contributed by atoms with Crippen molar-refractivity contribution in [3.8, 4) is 5.75 Å². The van der Waals surface area contributed by atoms with E-state index in [1.807, 2.05) is 0 Å². The van der Waals surface area contributed by atoms with Crippen molar-refractivity contribution >= 4 is 17.7 Å². The number of ether oxygens (including phenoxy) is 2. The number of Topliss-reactive ketones (excluding diaryl/α,β-unsaturated/α-hetero) is 1. The normalized spacial score (nSPS) is 10.5. The number of carbonyl (C=O) groups is 3. The van der Waals surface area contributed by atoms with Gasteiger partial charge in [-0.1, -0.05) is 19.8 Å². The molecule has 0 saturated heterocycles. The molecule has 0 aliphatic rings. The van der Waals surface area contributed by atoms with E-state index in [9.17, 15) is 14.4 Å². The highest BCUT2D eigenvalue weighted by Gasteiger charge is 2.11. The summed E-state index contributed by atoms with van der Waals surface area (Å²) in [6.45, 7) is 6.09. The molecule has 0 atom stereocenters. The zero-order valence-electron chi connectivity index (χ0n) is 15.9. The SMILES string of the molecule is CCCCCOc1ccc(C(=O)CCC(=O)NCC(=O)OC(C)C)cc1. The second-order valence-electron chi connectivity index (χ2n) is 6.32. The lowest BCUT2D eigenvalue weighted by molar-refractivity contribution is -0.147. The molecular weight excluding hydrogens is 334 g/mol. The van der Waals surface area contributed by atoms with Crippen molar-refractivity contribution in [3.63, 3.8) is 0 Å². The maximum atomic E-state index is 12.1. The van der Waals surface area contributed by atoms with Gasteiger partial charge in [0.2, 0.25) is 5.91 Å². The second-order valence-corrected chi connectivity index (χ2v) is 6.32. The number of unbranched alkanes of at least 4 members (excludes halogenated alkanes) is 2. The summed E-state index contributed by atoms with van der Waals surface area (Å²) in [7, 11) is 0. The van der Waals surface area contributed by atoms with E-state index in [-0.39, 0.29) is 37.2 Å². The van der Waals surface area contributed by atoms with E-state index in [1.54, 1.807) is 38.1 Å². The fourth-order valence-corrected chi connectivity index (χ4v) is 2.21. The number of hydrogen-bond acceptors (Lipinski definition) is 5. The Bertz CT molecular complexity index is 580.